The summed E-state index contributed by atoms with van der Waals surface area (Å²) in [6, 6.07) is 15.5. The van der Waals surface area contributed by atoms with Gasteiger partial charge in [0.05, 0.1) is 29.9 Å². The third-order valence-electron chi connectivity index (χ3n) is 6.12. The van der Waals surface area contributed by atoms with Gasteiger partial charge in [0, 0.05) is 5.39 Å². The highest BCUT2D eigenvalue weighted by molar-refractivity contribution is 5.99. The van der Waals surface area contributed by atoms with Crippen LogP contribution in [0.2, 0.25) is 0 Å². The van der Waals surface area contributed by atoms with E-state index < -0.39 is 48.2 Å². The SMILES string of the molecule is NCCC[C@H](NC(=O)[C@@H](N)CC(=O)O)C(=O)N[C@H](CCc1ccccc1)C(=O)Nc1cnc2ccccc2c1. The first-order valence-corrected chi connectivity index (χ1v) is 12.7. The van der Waals surface area contributed by atoms with Crippen LogP contribution in [0.25, 0.3) is 10.9 Å². The van der Waals surface area contributed by atoms with Gasteiger partial charge in [0.2, 0.25) is 17.7 Å². The van der Waals surface area contributed by atoms with Crippen molar-refractivity contribution in [1.29, 1.82) is 0 Å². The molecule has 0 radical (unpaired) electrons. The summed E-state index contributed by atoms with van der Waals surface area (Å²) in [4.78, 5) is 54.4. The molecular weight excluding hydrogens is 500 g/mol. The number of pyridine rings is 1. The summed E-state index contributed by atoms with van der Waals surface area (Å²) in [6.45, 7) is 0.272. The molecule has 3 amide bonds. The van der Waals surface area contributed by atoms with Gasteiger partial charge in [-0.1, -0.05) is 48.5 Å². The molecule has 0 spiro atoms. The smallest absolute Gasteiger partial charge is 0.305 e. The number of aliphatic carboxylic acids is 1. The monoisotopic (exact) mass is 534 g/mol. The minimum absolute atomic E-state index is 0.190. The molecule has 1 aromatic heterocycles. The average Bonchev–Trinajstić information content (AvgIpc) is 2.93. The Morgan fingerprint density at radius 1 is 0.872 bits per heavy atom. The van der Waals surface area contributed by atoms with E-state index in [1.54, 1.807) is 12.3 Å². The van der Waals surface area contributed by atoms with Crippen molar-refractivity contribution >= 4 is 40.3 Å². The lowest BCUT2D eigenvalue weighted by Gasteiger charge is -2.24. The van der Waals surface area contributed by atoms with Gasteiger partial charge in [0.25, 0.3) is 0 Å². The second kappa shape index (κ2) is 14.6. The number of carboxylic acids is 1. The number of hydrogen-bond acceptors (Lipinski definition) is 7. The molecule has 0 saturated carbocycles. The lowest BCUT2D eigenvalue weighted by atomic mass is 10.0. The van der Waals surface area contributed by atoms with E-state index in [0.29, 0.717) is 24.9 Å². The lowest BCUT2D eigenvalue weighted by Crippen LogP contribution is -2.55. The average molecular weight is 535 g/mol. The van der Waals surface area contributed by atoms with Crippen LogP contribution in [0.5, 0.6) is 0 Å². The summed E-state index contributed by atoms with van der Waals surface area (Å²) in [5, 5.41) is 17.9. The van der Waals surface area contributed by atoms with Crippen molar-refractivity contribution in [3.05, 3.63) is 72.4 Å². The van der Waals surface area contributed by atoms with Gasteiger partial charge >= 0.3 is 5.97 Å². The van der Waals surface area contributed by atoms with Crippen LogP contribution in [0.3, 0.4) is 0 Å². The summed E-state index contributed by atoms with van der Waals surface area (Å²) >= 11 is 0. The summed E-state index contributed by atoms with van der Waals surface area (Å²) in [5.74, 6) is -3.05. The van der Waals surface area contributed by atoms with Crippen LogP contribution in [0.4, 0.5) is 5.69 Å². The Morgan fingerprint density at radius 3 is 2.26 bits per heavy atom. The number of anilines is 1. The summed E-state index contributed by atoms with van der Waals surface area (Å²) in [6.07, 6.45) is 2.37. The van der Waals surface area contributed by atoms with Gasteiger partial charge in [-0.25, -0.2) is 0 Å². The number of aromatic nitrogens is 1. The van der Waals surface area contributed by atoms with E-state index in [-0.39, 0.29) is 13.0 Å². The maximum atomic E-state index is 13.3. The van der Waals surface area contributed by atoms with E-state index in [2.05, 4.69) is 20.9 Å². The van der Waals surface area contributed by atoms with Crippen molar-refractivity contribution in [2.45, 2.75) is 50.2 Å². The molecule has 11 nitrogen and oxygen atoms in total. The number of nitrogens with two attached hydrogens (primary N) is 2. The highest BCUT2D eigenvalue weighted by atomic mass is 16.4. The van der Waals surface area contributed by atoms with Gasteiger partial charge in [-0.2, -0.15) is 0 Å². The topological polar surface area (TPSA) is 190 Å². The zero-order valence-electron chi connectivity index (χ0n) is 21.5. The Morgan fingerprint density at radius 2 is 1.54 bits per heavy atom. The fourth-order valence-electron chi connectivity index (χ4n) is 4.02. The van der Waals surface area contributed by atoms with Gasteiger partial charge in [-0.15, -0.1) is 0 Å². The quantitative estimate of drug-likeness (QED) is 0.178. The molecule has 0 unspecified atom stereocenters. The van der Waals surface area contributed by atoms with Crippen LogP contribution < -0.4 is 27.4 Å². The van der Waals surface area contributed by atoms with Crippen LogP contribution in [0, 0.1) is 0 Å². The molecule has 11 heteroatoms. The first-order valence-electron chi connectivity index (χ1n) is 12.7. The van der Waals surface area contributed by atoms with E-state index >= 15 is 0 Å². The standard InChI is InChI=1S/C28H34N6O5/c29-14-6-11-23(33-26(37)21(30)16-25(35)36)28(39)34-24(13-12-18-7-2-1-3-8-18)27(38)32-20-15-19-9-4-5-10-22(19)31-17-20/h1-5,7-10,15,17,21,23-24H,6,11-14,16,29-30H2,(H,32,38)(H,33,37)(H,34,39)(H,35,36)/t21-,23-,24+/m0/s1. The molecule has 39 heavy (non-hydrogen) atoms. The third-order valence-corrected chi connectivity index (χ3v) is 6.12. The van der Waals surface area contributed by atoms with Crippen molar-refractivity contribution in [2.75, 3.05) is 11.9 Å². The number of para-hydroxylation sites is 1. The molecule has 0 aliphatic heterocycles. The van der Waals surface area contributed by atoms with Crippen LogP contribution in [-0.2, 0) is 25.6 Å². The molecule has 0 fully saturated rings. The zero-order valence-corrected chi connectivity index (χ0v) is 21.5. The summed E-state index contributed by atoms with van der Waals surface area (Å²) in [7, 11) is 0. The predicted molar refractivity (Wildman–Crippen MR) is 148 cm³/mol. The van der Waals surface area contributed by atoms with Crippen LogP contribution in [-0.4, -0.2) is 58.5 Å². The molecule has 206 valence electrons. The van der Waals surface area contributed by atoms with E-state index in [1.807, 2.05) is 54.6 Å². The van der Waals surface area contributed by atoms with Crippen molar-refractivity contribution in [3.63, 3.8) is 0 Å². The van der Waals surface area contributed by atoms with Gasteiger partial charge in [0.1, 0.15) is 12.1 Å². The molecule has 3 rings (SSSR count). The zero-order chi connectivity index (χ0) is 28.2. The molecule has 0 aliphatic carbocycles. The normalized spacial score (nSPS) is 13.2. The minimum atomic E-state index is -1.33. The van der Waals surface area contributed by atoms with Crippen molar-refractivity contribution in [2.24, 2.45) is 11.5 Å². The number of fused-ring (bicyclic) bond motifs is 1. The molecule has 0 bridgehead atoms. The number of rotatable bonds is 14. The highest BCUT2D eigenvalue weighted by Gasteiger charge is 2.28. The molecule has 1 heterocycles. The fraction of sp³-hybridized carbons (Fsp3) is 0.321. The fourth-order valence-corrected chi connectivity index (χ4v) is 4.02. The Labute approximate surface area is 226 Å². The number of nitrogens with one attached hydrogen (secondary N) is 3. The molecule has 3 atom stereocenters. The van der Waals surface area contributed by atoms with E-state index in [4.69, 9.17) is 16.6 Å². The molecule has 3 aromatic rings. The Hall–Kier alpha value is -4.35. The van der Waals surface area contributed by atoms with Gasteiger partial charge in [0.15, 0.2) is 0 Å². The number of carboxylic acid groups (broad SMARTS) is 1. The second-order valence-corrected chi connectivity index (χ2v) is 9.19. The van der Waals surface area contributed by atoms with Gasteiger partial charge in [-0.3, -0.25) is 24.2 Å². The molecule has 8 N–H and O–H groups in total. The Balaban J connectivity index is 1.76. The van der Waals surface area contributed by atoms with Crippen molar-refractivity contribution in [1.82, 2.24) is 15.6 Å². The van der Waals surface area contributed by atoms with Gasteiger partial charge < -0.3 is 32.5 Å². The first kappa shape index (κ1) is 29.2. The largest absolute Gasteiger partial charge is 0.481 e. The Kier molecular flexibility index (Phi) is 10.9. The third kappa shape index (κ3) is 9.16. The lowest BCUT2D eigenvalue weighted by molar-refractivity contribution is -0.139. The Bertz CT molecular complexity index is 1290. The van der Waals surface area contributed by atoms with Crippen molar-refractivity contribution in [3.8, 4) is 0 Å². The number of benzene rings is 2. The number of carbonyl (C=O) groups is 4. The highest BCUT2D eigenvalue weighted by Crippen LogP contribution is 2.17. The summed E-state index contributed by atoms with van der Waals surface area (Å²) < 4.78 is 0. The van der Waals surface area contributed by atoms with E-state index in [1.165, 1.54) is 0 Å². The maximum Gasteiger partial charge on any atom is 0.305 e. The van der Waals surface area contributed by atoms with Crippen LogP contribution in [0.1, 0.15) is 31.2 Å². The number of hydrogen-bond donors (Lipinski definition) is 6. The number of amides is 3. The summed E-state index contributed by atoms with van der Waals surface area (Å²) in [5.41, 5.74) is 13.5. The van der Waals surface area contributed by atoms with E-state index in [9.17, 15) is 19.2 Å². The van der Waals surface area contributed by atoms with Crippen LogP contribution in [0.15, 0.2) is 66.9 Å². The number of nitrogens with zero attached hydrogens (tertiary/aromatic N) is 1. The van der Waals surface area contributed by atoms with E-state index in [0.717, 1.165) is 16.5 Å². The minimum Gasteiger partial charge on any atom is -0.481 e. The second-order valence-electron chi connectivity index (χ2n) is 9.19. The number of aryl methyl sites for hydroxylation is 1. The van der Waals surface area contributed by atoms with Crippen LogP contribution >= 0.6 is 0 Å². The van der Waals surface area contributed by atoms with Crippen molar-refractivity contribution < 1.29 is 24.3 Å². The maximum absolute atomic E-state index is 13.3. The molecule has 0 saturated heterocycles. The first-order chi connectivity index (χ1) is 18.8. The molecular formula is C28H34N6O5. The predicted octanol–water partition coefficient (Wildman–Crippen LogP) is 1.32. The number of carbonyl (C=O) groups excluding carboxylic acids is 3. The van der Waals surface area contributed by atoms with Gasteiger partial charge in [-0.05, 0) is 49.9 Å². The molecule has 0 aliphatic rings. The molecule has 2 aromatic carbocycles.